The number of hydrogen-bond acceptors (Lipinski definition) is 5. The smallest absolute Gasteiger partial charge is 0.261 e. The number of phenols is 1. The average molecular weight is 322 g/mol. The first-order chi connectivity index (χ1) is 11.6. The second kappa shape index (κ2) is 6.05. The van der Waals surface area contributed by atoms with E-state index >= 15 is 0 Å². The van der Waals surface area contributed by atoms with Gasteiger partial charge in [-0.05, 0) is 30.2 Å². The number of benzene rings is 2. The van der Waals surface area contributed by atoms with Gasteiger partial charge in [-0.15, -0.1) is 0 Å². The van der Waals surface area contributed by atoms with E-state index in [9.17, 15) is 14.7 Å². The van der Waals surface area contributed by atoms with Gasteiger partial charge in [-0.3, -0.25) is 14.5 Å². The fourth-order valence-electron chi connectivity index (χ4n) is 2.76. The molecule has 120 valence electrons. The monoisotopic (exact) mass is 322 g/mol. The molecule has 6 nitrogen and oxygen atoms in total. The summed E-state index contributed by atoms with van der Waals surface area (Å²) in [6, 6.07) is 11.4. The lowest BCUT2D eigenvalue weighted by molar-refractivity contribution is 0.0656. The van der Waals surface area contributed by atoms with Gasteiger partial charge in [-0.1, -0.05) is 12.1 Å². The number of hydrogen-bond donors (Lipinski definition) is 1. The van der Waals surface area contributed by atoms with Crippen molar-refractivity contribution in [2.24, 2.45) is 0 Å². The highest BCUT2D eigenvalue weighted by atomic mass is 16.5. The quantitative estimate of drug-likeness (QED) is 0.871. The second-order valence-corrected chi connectivity index (χ2v) is 5.35. The minimum atomic E-state index is -0.326. The predicted octanol–water partition coefficient (Wildman–Crippen LogP) is 2.11. The van der Waals surface area contributed by atoms with Crippen LogP contribution in [0.3, 0.4) is 0 Å². The van der Waals surface area contributed by atoms with Gasteiger partial charge in [0.2, 0.25) is 0 Å². The lowest BCUT2D eigenvalue weighted by Crippen LogP contribution is -2.31. The van der Waals surface area contributed by atoms with Crippen LogP contribution in [0.5, 0.6) is 11.5 Å². The van der Waals surface area contributed by atoms with Gasteiger partial charge in [-0.25, -0.2) is 0 Å². The summed E-state index contributed by atoms with van der Waals surface area (Å²) >= 11 is 0. The first-order valence-corrected chi connectivity index (χ1v) is 7.32. The van der Waals surface area contributed by atoms with Gasteiger partial charge in [0, 0.05) is 12.6 Å². The number of fused-ring (bicyclic) bond motifs is 1. The number of phenolic OH excluding ortho intramolecular Hbond substituents is 1. The zero-order valence-electron chi connectivity index (χ0n) is 12.9. The zero-order chi connectivity index (χ0) is 17.3. The van der Waals surface area contributed by atoms with Crippen molar-refractivity contribution in [3.05, 3.63) is 58.7 Å². The van der Waals surface area contributed by atoms with Crippen molar-refractivity contribution >= 4 is 11.8 Å². The van der Waals surface area contributed by atoms with E-state index in [-0.39, 0.29) is 29.7 Å². The summed E-state index contributed by atoms with van der Waals surface area (Å²) in [7, 11) is 1.46. The van der Waals surface area contributed by atoms with Crippen LogP contribution in [0.4, 0.5) is 0 Å². The number of amides is 2. The molecule has 0 bridgehead atoms. The predicted molar refractivity (Wildman–Crippen MR) is 84.9 cm³/mol. The molecule has 0 fully saturated rings. The summed E-state index contributed by atoms with van der Waals surface area (Å²) in [4.78, 5) is 25.8. The maximum absolute atomic E-state index is 12.3. The molecule has 0 saturated carbocycles. The van der Waals surface area contributed by atoms with Crippen LogP contribution in [0.25, 0.3) is 0 Å². The number of carbonyl (C=O) groups is 2. The lowest BCUT2D eigenvalue weighted by atomic mass is 10.1. The van der Waals surface area contributed by atoms with Gasteiger partial charge in [0.05, 0.1) is 23.8 Å². The normalized spacial score (nSPS) is 12.9. The molecule has 1 aliphatic rings. The SMILES string of the molecule is COc1cc(C#N)c(O)cc1CCN1C(=O)c2ccccc2C1=O. The molecule has 2 aromatic rings. The molecule has 0 radical (unpaired) electrons. The van der Waals surface area contributed by atoms with E-state index in [0.29, 0.717) is 28.9 Å². The fourth-order valence-corrected chi connectivity index (χ4v) is 2.76. The summed E-state index contributed by atoms with van der Waals surface area (Å²) in [5.41, 5.74) is 1.52. The van der Waals surface area contributed by atoms with Gasteiger partial charge in [-0.2, -0.15) is 5.26 Å². The minimum Gasteiger partial charge on any atom is -0.507 e. The Hall–Kier alpha value is -3.33. The van der Waals surface area contributed by atoms with E-state index in [1.54, 1.807) is 24.3 Å². The van der Waals surface area contributed by atoms with Crippen LogP contribution in [0.1, 0.15) is 31.8 Å². The third-order valence-corrected chi connectivity index (χ3v) is 4.00. The summed E-state index contributed by atoms with van der Waals surface area (Å²) in [6.07, 6.45) is 0.313. The molecule has 0 saturated heterocycles. The highest BCUT2D eigenvalue weighted by Gasteiger charge is 2.34. The lowest BCUT2D eigenvalue weighted by Gasteiger charge is -2.15. The third kappa shape index (κ3) is 2.46. The number of methoxy groups -OCH3 is 1. The molecule has 6 heteroatoms. The molecule has 3 rings (SSSR count). The van der Waals surface area contributed by atoms with Crippen LogP contribution >= 0.6 is 0 Å². The average Bonchev–Trinajstić information content (AvgIpc) is 2.84. The van der Waals surface area contributed by atoms with Crippen molar-refractivity contribution in [3.63, 3.8) is 0 Å². The second-order valence-electron chi connectivity index (χ2n) is 5.35. The van der Waals surface area contributed by atoms with E-state index in [1.165, 1.54) is 24.1 Å². The number of rotatable bonds is 4. The molecule has 0 aromatic heterocycles. The van der Waals surface area contributed by atoms with Crippen LogP contribution in [0, 0.1) is 11.3 Å². The van der Waals surface area contributed by atoms with Crippen LogP contribution in [0.15, 0.2) is 36.4 Å². The number of imide groups is 1. The van der Waals surface area contributed by atoms with Crippen LogP contribution < -0.4 is 4.74 Å². The van der Waals surface area contributed by atoms with Crippen LogP contribution in [-0.2, 0) is 6.42 Å². The Kier molecular flexibility index (Phi) is 3.92. The molecule has 2 amide bonds. The molecule has 1 heterocycles. The Morgan fingerprint density at radius 1 is 1.17 bits per heavy atom. The largest absolute Gasteiger partial charge is 0.507 e. The number of nitrogens with zero attached hydrogens (tertiary/aromatic N) is 2. The highest BCUT2D eigenvalue weighted by molar-refractivity contribution is 6.21. The number of aromatic hydroxyl groups is 1. The molecule has 0 unspecified atom stereocenters. The van der Waals surface area contributed by atoms with Gasteiger partial charge in [0.25, 0.3) is 11.8 Å². The topological polar surface area (TPSA) is 90.6 Å². The number of nitriles is 1. The minimum absolute atomic E-state index is 0.108. The van der Waals surface area contributed by atoms with E-state index in [4.69, 9.17) is 10.00 Å². The molecular weight excluding hydrogens is 308 g/mol. The van der Waals surface area contributed by atoms with Crippen molar-refractivity contribution < 1.29 is 19.4 Å². The first kappa shape index (κ1) is 15.6. The Bertz CT molecular complexity index is 848. The van der Waals surface area contributed by atoms with Crippen molar-refractivity contribution in [1.29, 1.82) is 5.26 Å². The summed E-state index contributed by atoms with van der Waals surface area (Å²) in [5, 5.41) is 18.8. The first-order valence-electron chi connectivity index (χ1n) is 7.32. The Labute approximate surface area is 138 Å². The maximum atomic E-state index is 12.3. The molecular formula is C18H14N2O4. The zero-order valence-corrected chi connectivity index (χ0v) is 12.9. The molecule has 24 heavy (non-hydrogen) atoms. The highest BCUT2D eigenvalue weighted by Crippen LogP contribution is 2.29. The van der Waals surface area contributed by atoms with Crippen LogP contribution in [0.2, 0.25) is 0 Å². The summed E-state index contributed by atoms with van der Waals surface area (Å²) < 4.78 is 5.22. The standard InChI is InChI=1S/C18H14N2O4/c1-24-16-9-12(10-19)15(21)8-11(16)6-7-20-17(22)13-4-2-3-5-14(13)18(20)23/h2-5,8-9,21H,6-7H2,1H3. The molecule has 2 aromatic carbocycles. The van der Waals surface area contributed by atoms with Gasteiger partial charge >= 0.3 is 0 Å². The van der Waals surface area contributed by atoms with Crippen molar-refractivity contribution in [1.82, 2.24) is 4.90 Å². The molecule has 1 aliphatic heterocycles. The molecule has 0 atom stereocenters. The van der Waals surface area contributed by atoms with E-state index in [2.05, 4.69) is 0 Å². The van der Waals surface area contributed by atoms with Crippen molar-refractivity contribution in [3.8, 4) is 17.6 Å². The molecule has 0 spiro atoms. The number of ether oxygens (including phenoxy) is 1. The van der Waals surface area contributed by atoms with E-state index in [1.807, 2.05) is 6.07 Å². The Morgan fingerprint density at radius 3 is 2.33 bits per heavy atom. The Balaban J connectivity index is 1.83. The number of carbonyl (C=O) groups excluding carboxylic acids is 2. The summed E-state index contributed by atoms with van der Waals surface area (Å²) in [5.74, 6) is -0.378. The third-order valence-electron chi connectivity index (χ3n) is 4.00. The fraction of sp³-hybridized carbons (Fsp3) is 0.167. The van der Waals surface area contributed by atoms with E-state index < -0.39 is 0 Å². The molecule has 1 N–H and O–H groups in total. The maximum Gasteiger partial charge on any atom is 0.261 e. The van der Waals surface area contributed by atoms with Crippen LogP contribution in [-0.4, -0.2) is 35.5 Å². The molecule has 0 aliphatic carbocycles. The van der Waals surface area contributed by atoms with Gasteiger partial charge in [0.15, 0.2) is 0 Å². The van der Waals surface area contributed by atoms with Gasteiger partial charge in [0.1, 0.15) is 17.6 Å². The van der Waals surface area contributed by atoms with Crippen molar-refractivity contribution in [2.75, 3.05) is 13.7 Å². The van der Waals surface area contributed by atoms with E-state index in [0.717, 1.165) is 0 Å². The Morgan fingerprint density at radius 2 is 1.79 bits per heavy atom. The van der Waals surface area contributed by atoms with Gasteiger partial charge < -0.3 is 9.84 Å². The van der Waals surface area contributed by atoms with Crippen molar-refractivity contribution in [2.45, 2.75) is 6.42 Å². The summed E-state index contributed by atoms with van der Waals surface area (Å²) in [6.45, 7) is 0.161.